The van der Waals surface area contributed by atoms with Gasteiger partial charge < -0.3 is 78.0 Å². The number of aliphatic hydroxyl groups excluding tert-OH is 1. The number of aliphatic hydroxyl groups is 1. The minimum atomic E-state index is -1.90. The molecule has 10 rings (SSSR count). The quantitative estimate of drug-likeness (QED) is 0.0711. The van der Waals surface area contributed by atoms with Crippen molar-refractivity contribution in [1.82, 2.24) is 52.0 Å². The van der Waals surface area contributed by atoms with Crippen LogP contribution in [0.2, 0.25) is 0 Å². The molecule has 5 aliphatic rings. The Morgan fingerprint density at radius 2 is 1.49 bits per heavy atom. The Labute approximate surface area is 617 Å². The van der Waals surface area contributed by atoms with E-state index in [-0.39, 0.29) is 83.2 Å². The summed E-state index contributed by atoms with van der Waals surface area (Å²) >= 11 is 0. The maximum atomic E-state index is 16.2. The van der Waals surface area contributed by atoms with Crippen LogP contribution in [0.5, 0.6) is 11.5 Å². The zero-order chi connectivity index (χ0) is 77.4. The lowest BCUT2D eigenvalue weighted by atomic mass is 9.84. The van der Waals surface area contributed by atoms with Crippen LogP contribution in [0.3, 0.4) is 0 Å². The molecular formula is C77H95F3N12O15. The molecule has 2 saturated heterocycles. The first-order valence-electron chi connectivity index (χ1n) is 36.2. The summed E-state index contributed by atoms with van der Waals surface area (Å²) in [5.74, 6) is -12.7. The van der Waals surface area contributed by atoms with E-state index in [4.69, 9.17) is 20.9 Å². The fraction of sp³-hybridized carbons (Fsp3) is 0.481. The maximum Gasteiger partial charge on any atom is 0.257 e. The van der Waals surface area contributed by atoms with Gasteiger partial charge in [-0.1, -0.05) is 36.4 Å². The number of unbranched alkanes of at least 4 members (excludes halogenated alkanes) is 1. The van der Waals surface area contributed by atoms with Crippen molar-refractivity contribution in [2.45, 2.75) is 184 Å². The molecule has 12 atom stereocenters. The number of carbonyl (C=O) groups excluding carboxylic acids is 12. The van der Waals surface area contributed by atoms with Crippen LogP contribution in [-0.4, -0.2) is 191 Å². The smallest absolute Gasteiger partial charge is 0.257 e. The second-order valence-electron chi connectivity index (χ2n) is 28.3. The number of hydrogen-bond donors (Lipinski definition) is 11. The molecule has 1 aromatic heterocycles. The predicted octanol–water partition coefficient (Wildman–Crippen LogP) is 3.22. The number of fused-ring (bicyclic) bond motifs is 33. The van der Waals surface area contributed by atoms with Crippen LogP contribution < -0.4 is 58.2 Å². The van der Waals surface area contributed by atoms with Crippen LogP contribution in [0.25, 0.3) is 16.5 Å². The van der Waals surface area contributed by atoms with Gasteiger partial charge in [0.15, 0.2) is 18.2 Å². The molecule has 0 radical (unpaired) electrons. The number of H-pyrrole nitrogens is 1. The van der Waals surface area contributed by atoms with Gasteiger partial charge in [-0.25, -0.2) is 13.2 Å². The Morgan fingerprint density at radius 1 is 0.785 bits per heavy atom. The minimum absolute atomic E-state index is 0.0157. The molecule has 574 valence electrons. The van der Waals surface area contributed by atoms with Crippen LogP contribution in [-0.2, 0) is 83.2 Å². The van der Waals surface area contributed by atoms with Crippen molar-refractivity contribution in [1.29, 1.82) is 0 Å². The van der Waals surface area contributed by atoms with Gasteiger partial charge in [0.1, 0.15) is 65.6 Å². The number of benzene rings is 4. The summed E-state index contributed by atoms with van der Waals surface area (Å²) in [7, 11) is 1.46. The monoisotopic (exact) mass is 1480 g/mol. The number of hydrogen-bond acceptors (Lipinski definition) is 16. The van der Waals surface area contributed by atoms with Crippen LogP contribution in [0.15, 0.2) is 97.2 Å². The van der Waals surface area contributed by atoms with E-state index in [9.17, 15) is 48.3 Å². The molecule has 5 heterocycles. The zero-order valence-electron chi connectivity index (χ0n) is 60.6. The molecule has 13 N–H and O–H groups in total. The van der Waals surface area contributed by atoms with Gasteiger partial charge >= 0.3 is 0 Å². The molecule has 2 fully saturated rings. The molecule has 107 heavy (non-hydrogen) atoms. The van der Waals surface area contributed by atoms with E-state index >= 15 is 27.6 Å². The Hall–Kier alpha value is -10.5. The number of nitrogens with one attached hydrogen (secondary N) is 8. The summed E-state index contributed by atoms with van der Waals surface area (Å²) in [6, 6.07) is 10.1. The molecule has 5 aromatic rings. The number of primary amides is 1. The summed E-state index contributed by atoms with van der Waals surface area (Å²) in [5, 5.41) is 30.3. The van der Waals surface area contributed by atoms with Gasteiger partial charge in [-0.3, -0.25) is 57.5 Å². The number of methoxy groups -OCH3 is 1. The number of amides is 10. The SMILES string of the molecule is COc1ccc(C[C@@H]2NC(=O)[C@H]([C@@H](C)O)NC(=O)[C@@H]3C[C@H](F)CN3C(=O)[C@H](CC3=CCc4ccc(F)cc43)NC(=O)[C@H](Cc3c[nH]c4ccc(F)cc34)CC(=O)[C@@H](C)NC(=O)[C@H](CCCCN)NC(=O)[C@@H](NC(C)=O)CCCNC(=O)COc3ccc(cc3)C[C@@H](C(N)=O)CC(=O)[C@]3(C)CCCN3C2=O)cc1. The van der Waals surface area contributed by atoms with Crippen LogP contribution >= 0.6 is 0 Å². The van der Waals surface area contributed by atoms with Crippen molar-refractivity contribution >= 4 is 87.1 Å². The lowest BCUT2D eigenvalue weighted by Crippen LogP contribution is -2.62. The predicted molar refractivity (Wildman–Crippen MR) is 387 cm³/mol. The van der Waals surface area contributed by atoms with E-state index in [1.165, 1.54) is 69.3 Å². The molecule has 27 nitrogen and oxygen atoms in total. The standard InChI is InChI=1S/C77H95F3N12O15/c1-42-65(95)34-50(32-51-39-84-59-25-20-53(79)37-58(51)59)70(99)88-63(33-48-17-16-47-18-19-52(78)36-57(47)48)75(104)91-40-54(80)38-64(91)73(102)90-68(43(2)93)74(103)89-62(31-46-12-21-55(106-5)22-13-46)76(105)92-29-9-26-77(92,4)66(96)35-49(69(82)98)30-45-14-23-56(24-15-45)107-41-67(97)83-28-8-11-60(86-44(3)94)72(101)87-61(71(100)85-42)10-6-7-27-81/h12-15,17-25,36-37,39,42-43,49-50,54,60-64,68,84,93H,6-11,16,26-35,38,40-41,81H2,1-5H3,(H2,82,98)(H,83,97)(H,85,100)(H,86,94)(H,87,101)(H,88,99)(H,89,103)(H,90,102)/t42-,43-,49-,50-,54+,60+,61+,62+,63+,64+,68+,77+/m1/s1. The van der Waals surface area contributed by atoms with Gasteiger partial charge in [-0.05, 0) is 180 Å². The number of halogens is 3. The summed E-state index contributed by atoms with van der Waals surface area (Å²) in [5.41, 5.74) is 13.5. The number of nitrogens with two attached hydrogens (primary N) is 2. The van der Waals surface area contributed by atoms with Crippen molar-refractivity contribution in [2.24, 2.45) is 23.3 Å². The molecule has 2 bridgehead atoms. The highest BCUT2D eigenvalue weighted by atomic mass is 19.1. The highest BCUT2D eigenvalue weighted by Gasteiger charge is 2.49. The normalized spacial score (nSPS) is 25.7. The lowest BCUT2D eigenvalue weighted by Gasteiger charge is -2.37. The number of alkyl halides is 1. The number of allylic oxidation sites excluding steroid dienone is 1. The van der Waals surface area contributed by atoms with Crippen molar-refractivity contribution in [3.8, 4) is 11.5 Å². The fourth-order valence-corrected chi connectivity index (χ4v) is 14.3. The van der Waals surface area contributed by atoms with Crippen molar-refractivity contribution < 1.29 is 85.3 Å². The largest absolute Gasteiger partial charge is 0.497 e. The van der Waals surface area contributed by atoms with Crippen LogP contribution in [0.4, 0.5) is 13.2 Å². The number of aromatic nitrogens is 1. The second-order valence-corrected chi connectivity index (χ2v) is 28.3. The molecule has 1 aliphatic carbocycles. The van der Waals surface area contributed by atoms with Gasteiger partial charge in [0.25, 0.3) is 5.91 Å². The topological polar surface area (TPSA) is 402 Å². The first kappa shape index (κ1) is 80.6. The van der Waals surface area contributed by atoms with Gasteiger partial charge in [-0.2, -0.15) is 0 Å². The number of nitrogens with zero attached hydrogens (tertiary/aromatic N) is 2. The van der Waals surface area contributed by atoms with E-state index in [1.807, 2.05) is 0 Å². The van der Waals surface area contributed by atoms with Gasteiger partial charge in [0.2, 0.25) is 53.2 Å². The number of ether oxygens (including phenoxy) is 2. The maximum absolute atomic E-state index is 16.2. The summed E-state index contributed by atoms with van der Waals surface area (Å²) in [6.45, 7) is 4.39. The summed E-state index contributed by atoms with van der Waals surface area (Å²) < 4.78 is 57.4. The Balaban J connectivity index is 1.06. The van der Waals surface area contributed by atoms with Crippen LogP contribution in [0.1, 0.15) is 126 Å². The molecule has 10 amide bonds. The highest BCUT2D eigenvalue weighted by Crippen LogP contribution is 2.36. The second kappa shape index (κ2) is 36.7. The third-order valence-corrected chi connectivity index (χ3v) is 20.4. The molecule has 4 aromatic carbocycles. The minimum Gasteiger partial charge on any atom is -0.497 e. The third kappa shape index (κ3) is 21.0. The Kier molecular flexibility index (Phi) is 27.6. The van der Waals surface area contributed by atoms with E-state index in [0.717, 1.165) is 4.90 Å². The van der Waals surface area contributed by atoms with E-state index in [1.54, 1.807) is 67.6 Å². The lowest BCUT2D eigenvalue weighted by molar-refractivity contribution is -0.147. The highest BCUT2D eigenvalue weighted by molar-refractivity contribution is 6.01. The van der Waals surface area contributed by atoms with E-state index in [2.05, 4.69) is 42.2 Å². The number of aromatic amines is 1. The number of rotatable bonds is 14. The fourth-order valence-electron chi connectivity index (χ4n) is 14.3. The summed E-state index contributed by atoms with van der Waals surface area (Å²) in [4.78, 5) is 178. The number of Topliss-reactive ketones (excluding diaryl/α,β-unsaturated/α-hetero) is 2. The molecule has 0 unspecified atom stereocenters. The van der Waals surface area contributed by atoms with Crippen molar-refractivity contribution in [2.75, 3.05) is 39.9 Å². The third-order valence-electron chi connectivity index (χ3n) is 20.4. The van der Waals surface area contributed by atoms with Gasteiger partial charge in [0.05, 0.1) is 31.3 Å². The Morgan fingerprint density at radius 3 is 2.19 bits per heavy atom. The number of carbonyl (C=O) groups is 12. The molecule has 4 aliphatic heterocycles. The van der Waals surface area contributed by atoms with Crippen molar-refractivity contribution in [3.05, 3.63) is 137 Å². The first-order valence-corrected chi connectivity index (χ1v) is 36.2. The molecule has 0 saturated carbocycles. The van der Waals surface area contributed by atoms with E-state index in [0.29, 0.717) is 69.3 Å². The van der Waals surface area contributed by atoms with E-state index < -0.39 is 187 Å². The molecular weight excluding hydrogens is 1390 g/mol. The molecule has 0 spiro atoms. The Bertz CT molecular complexity index is 4150. The van der Waals surface area contributed by atoms with Crippen LogP contribution in [0, 0.1) is 23.5 Å². The van der Waals surface area contributed by atoms with Gasteiger partial charge in [-0.15, -0.1) is 0 Å². The average molecular weight is 1490 g/mol. The zero-order valence-corrected chi connectivity index (χ0v) is 60.6. The summed E-state index contributed by atoms with van der Waals surface area (Å²) in [6.07, 6.45) is -1.34. The molecule has 30 heteroatoms. The van der Waals surface area contributed by atoms with Gasteiger partial charge in [0, 0.05) is 81.1 Å². The first-order chi connectivity index (χ1) is 51.0. The number of ketones is 2. The van der Waals surface area contributed by atoms with Crippen molar-refractivity contribution in [3.63, 3.8) is 0 Å². The average Bonchev–Trinajstić information content (AvgIpc) is 1.70.